The molecule has 2 aromatic rings. The van der Waals surface area contributed by atoms with Gasteiger partial charge in [-0.05, 0) is 68.8 Å². The second-order valence-electron chi connectivity index (χ2n) is 6.69. The summed E-state index contributed by atoms with van der Waals surface area (Å²) in [5, 5.41) is 6.06. The SMILES string of the molecule is CNCC1CCN(C(=O)c2ccc(NC(=O)c3ccccc3)cc2)CC1.Cl. The van der Waals surface area contributed by atoms with Crippen molar-refractivity contribution in [3.63, 3.8) is 0 Å². The summed E-state index contributed by atoms with van der Waals surface area (Å²) in [6, 6.07) is 16.2. The van der Waals surface area contributed by atoms with Gasteiger partial charge in [-0.15, -0.1) is 12.4 Å². The van der Waals surface area contributed by atoms with Gasteiger partial charge in [0.15, 0.2) is 0 Å². The van der Waals surface area contributed by atoms with Crippen molar-refractivity contribution in [1.82, 2.24) is 10.2 Å². The van der Waals surface area contributed by atoms with Gasteiger partial charge in [0.1, 0.15) is 0 Å². The van der Waals surface area contributed by atoms with Crippen molar-refractivity contribution >= 4 is 29.9 Å². The van der Waals surface area contributed by atoms with E-state index in [1.54, 1.807) is 36.4 Å². The monoisotopic (exact) mass is 387 g/mol. The minimum atomic E-state index is -0.156. The van der Waals surface area contributed by atoms with Gasteiger partial charge in [-0.1, -0.05) is 18.2 Å². The topological polar surface area (TPSA) is 61.4 Å². The second-order valence-corrected chi connectivity index (χ2v) is 6.69. The molecule has 144 valence electrons. The van der Waals surface area contributed by atoms with Gasteiger partial charge in [0.2, 0.25) is 0 Å². The molecular weight excluding hydrogens is 362 g/mol. The lowest BCUT2D eigenvalue weighted by Crippen LogP contribution is -2.40. The highest BCUT2D eigenvalue weighted by atomic mass is 35.5. The van der Waals surface area contributed by atoms with Crippen molar-refractivity contribution in [1.29, 1.82) is 0 Å². The van der Waals surface area contributed by atoms with Crippen molar-refractivity contribution in [2.75, 3.05) is 32.0 Å². The van der Waals surface area contributed by atoms with Gasteiger partial charge in [-0.2, -0.15) is 0 Å². The maximum absolute atomic E-state index is 12.6. The van der Waals surface area contributed by atoms with Crippen LogP contribution in [0.1, 0.15) is 33.6 Å². The standard InChI is InChI=1S/C21H25N3O2.ClH/c1-22-15-16-11-13-24(14-12-16)21(26)18-7-9-19(10-8-18)23-20(25)17-5-3-2-4-6-17;/h2-10,16,22H,11-15H2,1H3,(H,23,25);1H. The van der Waals surface area contributed by atoms with E-state index in [2.05, 4.69) is 10.6 Å². The second kappa shape index (κ2) is 10.1. The molecule has 27 heavy (non-hydrogen) atoms. The molecule has 0 saturated carbocycles. The molecule has 1 heterocycles. The zero-order chi connectivity index (χ0) is 18.4. The van der Waals surface area contributed by atoms with Gasteiger partial charge in [0.05, 0.1) is 0 Å². The third-order valence-electron chi connectivity index (χ3n) is 4.82. The number of benzene rings is 2. The molecule has 3 rings (SSSR count). The number of anilines is 1. The highest BCUT2D eigenvalue weighted by Crippen LogP contribution is 2.19. The number of halogens is 1. The molecule has 0 bridgehead atoms. The lowest BCUT2D eigenvalue weighted by Gasteiger charge is -2.32. The van der Waals surface area contributed by atoms with Crippen LogP contribution in [0.25, 0.3) is 0 Å². The number of carbonyl (C=O) groups is 2. The lowest BCUT2D eigenvalue weighted by molar-refractivity contribution is 0.0691. The zero-order valence-corrected chi connectivity index (χ0v) is 16.3. The summed E-state index contributed by atoms with van der Waals surface area (Å²) in [5.74, 6) is 0.560. The summed E-state index contributed by atoms with van der Waals surface area (Å²) in [5.41, 5.74) is 1.95. The molecule has 1 saturated heterocycles. The zero-order valence-electron chi connectivity index (χ0n) is 15.5. The average Bonchev–Trinajstić information content (AvgIpc) is 2.69. The van der Waals surface area contributed by atoms with Crippen molar-refractivity contribution < 1.29 is 9.59 Å². The van der Waals surface area contributed by atoms with Crippen LogP contribution in [0.15, 0.2) is 54.6 Å². The Labute approximate surface area is 166 Å². The molecule has 2 amide bonds. The Bertz CT molecular complexity index is 742. The number of likely N-dealkylation sites (tertiary alicyclic amines) is 1. The fourth-order valence-electron chi connectivity index (χ4n) is 3.30. The first kappa shape index (κ1) is 20.9. The lowest BCUT2D eigenvalue weighted by atomic mass is 9.96. The van der Waals surface area contributed by atoms with E-state index in [1.807, 2.05) is 30.1 Å². The third kappa shape index (κ3) is 5.55. The van der Waals surface area contributed by atoms with Crippen LogP contribution < -0.4 is 10.6 Å². The number of piperidine rings is 1. The van der Waals surface area contributed by atoms with Crippen molar-refractivity contribution in [2.45, 2.75) is 12.8 Å². The van der Waals surface area contributed by atoms with Crippen LogP contribution in [0.4, 0.5) is 5.69 Å². The number of carbonyl (C=O) groups excluding carboxylic acids is 2. The molecule has 0 unspecified atom stereocenters. The third-order valence-corrected chi connectivity index (χ3v) is 4.82. The van der Waals surface area contributed by atoms with Crippen LogP contribution in [0.3, 0.4) is 0 Å². The maximum Gasteiger partial charge on any atom is 0.255 e. The molecule has 6 heteroatoms. The molecule has 1 aliphatic heterocycles. The summed E-state index contributed by atoms with van der Waals surface area (Å²) < 4.78 is 0. The number of nitrogens with one attached hydrogen (secondary N) is 2. The summed E-state index contributed by atoms with van der Waals surface area (Å²) >= 11 is 0. The van der Waals surface area contributed by atoms with Crippen LogP contribution >= 0.6 is 12.4 Å². The quantitative estimate of drug-likeness (QED) is 0.826. The number of rotatable bonds is 5. The minimum Gasteiger partial charge on any atom is -0.339 e. The van der Waals surface area contributed by atoms with E-state index in [4.69, 9.17) is 0 Å². The summed E-state index contributed by atoms with van der Waals surface area (Å²) in [6.45, 7) is 2.62. The number of nitrogens with zero attached hydrogens (tertiary/aromatic N) is 1. The van der Waals surface area contributed by atoms with Gasteiger partial charge in [0, 0.05) is 29.9 Å². The Morgan fingerprint density at radius 2 is 1.59 bits per heavy atom. The molecule has 0 spiro atoms. The fourth-order valence-corrected chi connectivity index (χ4v) is 3.30. The largest absolute Gasteiger partial charge is 0.339 e. The molecule has 0 radical (unpaired) electrons. The van der Waals surface area contributed by atoms with Gasteiger partial charge in [0.25, 0.3) is 11.8 Å². The van der Waals surface area contributed by atoms with Crippen LogP contribution in [0.2, 0.25) is 0 Å². The van der Waals surface area contributed by atoms with Gasteiger partial charge >= 0.3 is 0 Å². The molecule has 0 aromatic heterocycles. The normalized spacial score (nSPS) is 14.3. The van der Waals surface area contributed by atoms with E-state index in [-0.39, 0.29) is 24.2 Å². The van der Waals surface area contributed by atoms with Crippen molar-refractivity contribution in [2.24, 2.45) is 5.92 Å². The highest BCUT2D eigenvalue weighted by Gasteiger charge is 2.23. The first-order valence-corrected chi connectivity index (χ1v) is 9.07. The molecule has 2 N–H and O–H groups in total. The van der Waals surface area contributed by atoms with E-state index in [0.29, 0.717) is 22.7 Å². The molecule has 5 nitrogen and oxygen atoms in total. The summed E-state index contributed by atoms with van der Waals surface area (Å²) in [7, 11) is 1.97. The fraction of sp³-hybridized carbons (Fsp3) is 0.333. The maximum atomic E-state index is 12.6. The molecular formula is C21H26ClN3O2. The van der Waals surface area contributed by atoms with Crippen LogP contribution in [0.5, 0.6) is 0 Å². The first-order valence-electron chi connectivity index (χ1n) is 9.07. The number of hydrogen-bond acceptors (Lipinski definition) is 3. The van der Waals surface area contributed by atoms with Crippen LogP contribution in [-0.4, -0.2) is 43.4 Å². The van der Waals surface area contributed by atoms with Gasteiger partial charge in [-0.25, -0.2) is 0 Å². The first-order chi connectivity index (χ1) is 12.7. The van der Waals surface area contributed by atoms with E-state index < -0.39 is 0 Å². The van der Waals surface area contributed by atoms with Crippen LogP contribution in [0, 0.1) is 5.92 Å². The van der Waals surface area contributed by atoms with Crippen molar-refractivity contribution in [3.8, 4) is 0 Å². The molecule has 1 fully saturated rings. The van der Waals surface area contributed by atoms with Crippen LogP contribution in [-0.2, 0) is 0 Å². The predicted molar refractivity (Wildman–Crippen MR) is 111 cm³/mol. The van der Waals surface area contributed by atoms with Gasteiger partial charge < -0.3 is 15.5 Å². The Balaban J connectivity index is 0.00000261. The number of hydrogen-bond donors (Lipinski definition) is 2. The Kier molecular flexibility index (Phi) is 7.82. The summed E-state index contributed by atoms with van der Waals surface area (Å²) in [6.07, 6.45) is 2.08. The van der Waals surface area contributed by atoms with E-state index >= 15 is 0 Å². The van der Waals surface area contributed by atoms with E-state index in [0.717, 1.165) is 32.5 Å². The van der Waals surface area contributed by atoms with E-state index in [1.165, 1.54) is 0 Å². The molecule has 1 aliphatic rings. The molecule has 2 aromatic carbocycles. The van der Waals surface area contributed by atoms with Crippen molar-refractivity contribution in [3.05, 3.63) is 65.7 Å². The van der Waals surface area contributed by atoms with E-state index in [9.17, 15) is 9.59 Å². The Morgan fingerprint density at radius 3 is 2.19 bits per heavy atom. The minimum absolute atomic E-state index is 0. The summed E-state index contributed by atoms with van der Waals surface area (Å²) in [4.78, 5) is 26.7. The van der Waals surface area contributed by atoms with Gasteiger partial charge in [-0.3, -0.25) is 9.59 Å². The Morgan fingerprint density at radius 1 is 0.963 bits per heavy atom. The predicted octanol–water partition coefficient (Wildman–Crippen LogP) is 3.43. The molecule has 0 atom stereocenters. The number of amides is 2. The average molecular weight is 388 g/mol. The Hall–Kier alpha value is -2.37. The smallest absolute Gasteiger partial charge is 0.255 e. The highest BCUT2D eigenvalue weighted by molar-refractivity contribution is 6.04. The molecule has 0 aliphatic carbocycles.